The second kappa shape index (κ2) is 12.6. The van der Waals surface area contributed by atoms with Gasteiger partial charge >= 0.3 is 26.3 Å². The third-order valence-electron chi connectivity index (χ3n) is 5.54. The zero-order chi connectivity index (χ0) is 27.2. The molecular weight excluding hydrogens is 694 g/mol. The van der Waals surface area contributed by atoms with Gasteiger partial charge in [0.2, 0.25) is 0 Å². The molecule has 0 fully saturated rings. The van der Waals surface area contributed by atoms with Crippen LogP contribution in [0.1, 0.15) is 11.4 Å². The first-order valence-corrected chi connectivity index (χ1v) is 11.9. The summed E-state index contributed by atoms with van der Waals surface area (Å²) >= 11 is 0. The van der Waals surface area contributed by atoms with E-state index in [0.29, 0.717) is 11.4 Å². The van der Waals surface area contributed by atoms with Gasteiger partial charge in [-0.1, -0.05) is 36.0 Å². The monoisotopic (exact) mass is 714 g/mol. The second-order valence-corrected chi connectivity index (χ2v) is 8.40. The minimum atomic E-state index is -4.45. The van der Waals surface area contributed by atoms with Crippen molar-refractivity contribution < 1.29 is 33.3 Å². The van der Waals surface area contributed by atoms with Gasteiger partial charge in [0.15, 0.2) is 0 Å². The van der Waals surface area contributed by atoms with Crippen LogP contribution in [0.4, 0.5) is 13.2 Å². The van der Waals surface area contributed by atoms with Crippen LogP contribution in [-0.2, 0) is 26.3 Å². The van der Waals surface area contributed by atoms with Crippen LogP contribution in [0, 0.1) is 19.1 Å². The Morgan fingerprint density at radius 1 is 0.700 bits per heavy atom. The van der Waals surface area contributed by atoms with Crippen molar-refractivity contribution in [2.24, 2.45) is 0 Å². The van der Waals surface area contributed by atoms with Crippen LogP contribution in [0.2, 0.25) is 0 Å². The molecule has 0 aliphatic carbocycles. The first kappa shape index (κ1) is 28.6. The number of hydrogen-bond donors (Lipinski definition) is 1. The summed E-state index contributed by atoms with van der Waals surface area (Å²) in [5.74, 6) is 0. The largest absolute Gasteiger partial charge is 3.00 e. The van der Waals surface area contributed by atoms with Crippen molar-refractivity contribution >= 4 is 0 Å². The molecule has 6 aromatic rings. The van der Waals surface area contributed by atoms with E-state index in [1.165, 1.54) is 0 Å². The topological polar surface area (TPSA) is 81.4 Å². The molecule has 10 heteroatoms. The molecule has 40 heavy (non-hydrogen) atoms. The van der Waals surface area contributed by atoms with Gasteiger partial charge in [-0.25, -0.2) is 0 Å². The van der Waals surface area contributed by atoms with Crippen molar-refractivity contribution in [3.05, 3.63) is 121 Å². The number of benzene rings is 2. The third kappa shape index (κ3) is 6.97. The van der Waals surface area contributed by atoms with E-state index in [2.05, 4.69) is 37.4 Å². The number of pyridine rings is 2. The molecule has 0 amide bonds. The number of aromatic amines is 1. The zero-order valence-electron chi connectivity index (χ0n) is 20.9. The summed E-state index contributed by atoms with van der Waals surface area (Å²) < 4.78 is 37.7. The molecule has 6 rings (SSSR count). The minimum absolute atomic E-state index is 0. The Morgan fingerprint density at radius 2 is 1.27 bits per heavy atom. The van der Waals surface area contributed by atoms with Crippen LogP contribution in [0.5, 0.6) is 0 Å². The average Bonchev–Trinajstić information content (AvgIpc) is 3.65. The molecule has 2 aromatic carbocycles. The summed E-state index contributed by atoms with van der Waals surface area (Å²) in [6, 6.07) is 35.1. The summed E-state index contributed by atoms with van der Waals surface area (Å²) in [5, 5.41) is 13.7. The number of aromatic nitrogens is 6. The van der Waals surface area contributed by atoms with E-state index in [9.17, 15) is 13.2 Å². The number of rotatable bonds is 4. The van der Waals surface area contributed by atoms with Crippen LogP contribution < -0.4 is 5.10 Å². The van der Waals surface area contributed by atoms with Crippen LogP contribution in [-0.4, -0.2) is 25.3 Å². The summed E-state index contributed by atoms with van der Waals surface area (Å²) in [6.45, 7) is 1.92. The van der Waals surface area contributed by atoms with Gasteiger partial charge in [-0.3, -0.25) is 15.1 Å². The molecule has 0 saturated heterocycles. The van der Waals surface area contributed by atoms with E-state index >= 15 is 0 Å². The molecule has 4 aromatic heterocycles. The Labute approximate surface area is 242 Å². The van der Waals surface area contributed by atoms with Crippen LogP contribution in [0.25, 0.3) is 45.3 Å². The molecule has 0 unspecified atom stereocenters. The first-order valence-electron chi connectivity index (χ1n) is 11.9. The smallest absolute Gasteiger partial charge is 0.574 e. The SMILES string of the molecule is Cc1cc(-c2cccc(-c3[c-]cccc3)n2)[n-]n1.FC(F)(F)c1cc(-c2cccc(-c3[c-]cccc3)n2)n[nH]1.[Ir+3]. The van der Waals surface area contributed by atoms with Gasteiger partial charge in [-0.2, -0.15) is 18.3 Å². The summed E-state index contributed by atoms with van der Waals surface area (Å²) in [7, 11) is 0. The Hall–Kier alpha value is -4.40. The van der Waals surface area contributed by atoms with Crippen molar-refractivity contribution in [1.82, 2.24) is 30.4 Å². The number of aryl methyl sites for hydroxylation is 1. The number of H-pyrrole nitrogens is 1. The fourth-order valence-corrected chi connectivity index (χ4v) is 3.67. The first-order chi connectivity index (χ1) is 18.9. The van der Waals surface area contributed by atoms with Crippen molar-refractivity contribution in [3.8, 4) is 45.3 Å². The molecule has 0 spiro atoms. The second-order valence-electron chi connectivity index (χ2n) is 8.40. The Kier molecular flexibility index (Phi) is 9.04. The van der Waals surface area contributed by atoms with Crippen LogP contribution in [0.15, 0.2) is 97.1 Å². The van der Waals surface area contributed by atoms with E-state index in [0.717, 1.165) is 40.0 Å². The maximum absolute atomic E-state index is 12.6. The predicted molar refractivity (Wildman–Crippen MR) is 141 cm³/mol. The van der Waals surface area contributed by atoms with Crippen LogP contribution >= 0.6 is 0 Å². The van der Waals surface area contributed by atoms with Gasteiger partial charge in [0.05, 0.1) is 5.69 Å². The minimum Gasteiger partial charge on any atom is -0.574 e. The van der Waals surface area contributed by atoms with E-state index in [4.69, 9.17) is 0 Å². The fourth-order valence-electron chi connectivity index (χ4n) is 3.67. The third-order valence-corrected chi connectivity index (χ3v) is 5.54. The Bertz CT molecular complexity index is 1660. The summed E-state index contributed by atoms with van der Waals surface area (Å²) in [4.78, 5) is 8.92. The van der Waals surface area contributed by atoms with E-state index in [1.54, 1.807) is 24.3 Å². The normalized spacial score (nSPS) is 10.8. The number of nitrogens with zero attached hydrogens (tertiary/aromatic N) is 5. The number of halogens is 3. The maximum Gasteiger partial charge on any atom is 3.00 e. The molecule has 0 bridgehead atoms. The maximum atomic E-state index is 12.6. The molecular formula is C30H20F3IrN6. The average molecular weight is 714 g/mol. The van der Waals surface area contributed by atoms with Crippen molar-refractivity contribution in [2.75, 3.05) is 0 Å². The Morgan fingerprint density at radius 3 is 1.77 bits per heavy atom. The van der Waals surface area contributed by atoms with E-state index in [-0.39, 0.29) is 25.8 Å². The van der Waals surface area contributed by atoms with E-state index < -0.39 is 11.9 Å². The number of hydrogen-bond acceptors (Lipinski definition) is 4. The van der Waals surface area contributed by atoms with Crippen molar-refractivity contribution in [3.63, 3.8) is 0 Å². The molecule has 4 heterocycles. The molecule has 0 radical (unpaired) electrons. The van der Waals surface area contributed by atoms with Gasteiger partial charge in [0, 0.05) is 11.4 Å². The fraction of sp³-hybridized carbons (Fsp3) is 0.0667. The van der Waals surface area contributed by atoms with Gasteiger partial charge in [-0.05, 0) is 36.5 Å². The summed E-state index contributed by atoms with van der Waals surface area (Å²) in [5.41, 5.74) is 5.46. The number of nitrogens with one attached hydrogen (secondary N) is 1. The van der Waals surface area contributed by atoms with Gasteiger partial charge in [0.1, 0.15) is 11.4 Å². The zero-order valence-corrected chi connectivity index (χ0v) is 23.3. The summed E-state index contributed by atoms with van der Waals surface area (Å²) in [6.07, 6.45) is -4.45. The van der Waals surface area contributed by atoms with Gasteiger partial charge in [-0.15, -0.1) is 71.8 Å². The van der Waals surface area contributed by atoms with Crippen LogP contribution in [0.3, 0.4) is 0 Å². The van der Waals surface area contributed by atoms with Gasteiger partial charge in [0.25, 0.3) is 0 Å². The van der Waals surface area contributed by atoms with Gasteiger partial charge < -0.3 is 10.2 Å². The molecule has 6 nitrogen and oxygen atoms in total. The molecule has 0 atom stereocenters. The predicted octanol–water partition coefficient (Wildman–Crippen LogP) is 6.83. The molecule has 0 aliphatic heterocycles. The van der Waals surface area contributed by atoms with Crippen molar-refractivity contribution in [1.29, 1.82) is 0 Å². The standard InChI is InChI=1S/C15H9F3N3.C15H11N3.Ir/c16-15(17,18)14-9-13(20-21-14)12-8-4-7-11(19-12)10-5-2-1-3-6-10;1-11-10-15(18-17-11)14-9-5-8-13(16-14)12-6-3-2-4-7-12;/h1-5,7-9H,(H,20,21);2-6,8-10H,1H3;/q-1;-2;+3. The molecule has 0 aliphatic rings. The van der Waals surface area contributed by atoms with E-state index in [1.807, 2.05) is 78.8 Å². The van der Waals surface area contributed by atoms with Crippen molar-refractivity contribution in [2.45, 2.75) is 13.1 Å². The number of alkyl halides is 3. The molecule has 200 valence electrons. The quantitative estimate of drug-likeness (QED) is 0.203. The molecule has 1 N–H and O–H groups in total. The molecule has 0 saturated carbocycles. The Balaban J connectivity index is 0.000000182.